The summed E-state index contributed by atoms with van der Waals surface area (Å²) in [6.07, 6.45) is 8.81. The van der Waals surface area contributed by atoms with Gasteiger partial charge in [0.05, 0.1) is 6.67 Å². The SMILES string of the molecule is C=C/C(=C(\C(=C/C)C(C)C)N1C=CN(c2c(C(C)C)cccc2C(C)C)C1)C(C)C. The number of hydrogen-bond acceptors (Lipinski definition) is 2. The van der Waals surface area contributed by atoms with Gasteiger partial charge < -0.3 is 9.80 Å². The van der Waals surface area contributed by atoms with Crippen molar-refractivity contribution in [1.29, 1.82) is 0 Å². The second-order valence-corrected chi connectivity index (χ2v) is 9.54. The Morgan fingerprint density at radius 3 is 1.87 bits per heavy atom. The van der Waals surface area contributed by atoms with E-state index in [9.17, 15) is 0 Å². The van der Waals surface area contributed by atoms with Gasteiger partial charge in [0.1, 0.15) is 0 Å². The maximum Gasteiger partial charge on any atom is 0.0989 e. The predicted molar refractivity (Wildman–Crippen MR) is 134 cm³/mol. The standard InChI is InChI=1S/C28H42N2/c1-11-23(19(3)4)27(24(12-2)20(5)6)29-16-17-30(18-29)28-25(21(7)8)14-13-15-26(28)22(9)10/h11-17,19-22H,1,18H2,2-10H3/b24-12-,27-23-. The van der Waals surface area contributed by atoms with Crippen molar-refractivity contribution in [3.05, 3.63) is 77.3 Å². The summed E-state index contributed by atoms with van der Waals surface area (Å²) in [5.74, 6) is 1.84. The molecule has 0 amide bonds. The number of para-hydroxylation sites is 1. The lowest BCUT2D eigenvalue weighted by molar-refractivity contribution is 0.483. The number of nitrogens with zero attached hydrogens (tertiary/aromatic N) is 2. The van der Waals surface area contributed by atoms with Crippen LogP contribution in [0.15, 0.2) is 66.2 Å². The Morgan fingerprint density at radius 2 is 1.47 bits per heavy atom. The minimum Gasteiger partial charge on any atom is -0.328 e. The molecule has 0 aliphatic carbocycles. The summed E-state index contributed by atoms with van der Waals surface area (Å²) in [7, 11) is 0. The minimum absolute atomic E-state index is 0.419. The molecular formula is C28H42N2. The third-order valence-corrected chi connectivity index (χ3v) is 5.97. The number of allylic oxidation sites excluding steroid dienone is 4. The highest BCUT2D eigenvalue weighted by molar-refractivity contribution is 5.64. The van der Waals surface area contributed by atoms with Gasteiger partial charge in [0, 0.05) is 23.8 Å². The van der Waals surface area contributed by atoms with Crippen molar-refractivity contribution in [2.75, 3.05) is 11.6 Å². The fourth-order valence-electron chi connectivity index (χ4n) is 4.40. The van der Waals surface area contributed by atoms with Crippen LogP contribution in [0.4, 0.5) is 5.69 Å². The Balaban J connectivity index is 2.57. The van der Waals surface area contributed by atoms with Crippen LogP contribution < -0.4 is 4.90 Å². The zero-order valence-corrected chi connectivity index (χ0v) is 20.7. The average Bonchev–Trinajstić information content (AvgIpc) is 3.16. The van der Waals surface area contributed by atoms with Crippen LogP contribution in [-0.4, -0.2) is 11.6 Å². The summed E-state index contributed by atoms with van der Waals surface area (Å²) in [5.41, 5.74) is 8.21. The molecule has 2 nitrogen and oxygen atoms in total. The molecule has 1 aromatic rings. The van der Waals surface area contributed by atoms with Gasteiger partial charge in [-0.2, -0.15) is 0 Å². The molecule has 0 unspecified atom stereocenters. The summed E-state index contributed by atoms with van der Waals surface area (Å²) in [6.45, 7) is 25.4. The quantitative estimate of drug-likeness (QED) is 0.401. The van der Waals surface area contributed by atoms with Crippen LogP contribution >= 0.6 is 0 Å². The van der Waals surface area contributed by atoms with Crippen LogP contribution in [0, 0.1) is 11.8 Å². The molecule has 0 N–H and O–H groups in total. The van der Waals surface area contributed by atoms with E-state index < -0.39 is 0 Å². The molecule has 0 fully saturated rings. The van der Waals surface area contributed by atoms with Crippen molar-refractivity contribution < 1.29 is 0 Å². The lowest BCUT2D eigenvalue weighted by atomic mass is 9.90. The smallest absolute Gasteiger partial charge is 0.0989 e. The Hall–Kier alpha value is -2.22. The Labute approximate surface area is 185 Å². The van der Waals surface area contributed by atoms with Gasteiger partial charge in [-0.3, -0.25) is 0 Å². The molecule has 164 valence electrons. The van der Waals surface area contributed by atoms with Gasteiger partial charge in [-0.15, -0.1) is 0 Å². The topological polar surface area (TPSA) is 6.48 Å². The van der Waals surface area contributed by atoms with E-state index in [1.54, 1.807) is 0 Å². The molecule has 0 saturated carbocycles. The molecular weight excluding hydrogens is 364 g/mol. The van der Waals surface area contributed by atoms with Crippen molar-refractivity contribution in [3.8, 4) is 0 Å². The largest absolute Gasteiger partial charge is 0.328 e. The molecule has 0 bridgehead atoms. The molecule has 0 saturated heterocycles. The van der Waals surface area contributed by atoms with Gasteiger partial charge in [0.2, 0.25) is 0 Å². The molecule has 1 aromatic carbocycles. The lowest BCUT2D eigenvalue weighted by Gasteiger charge is -2.32. The van der Waals surface area contributed by atoms with Crippen LogP contribution in [0.3, 0.4) is 0 Å². The van der Waals surface area contributed by atoms with Crippen LogP contribution in [0.5, 0.6) is 0 Å². The van der Waals surface area contributed by atoms with E-state index in [4.69, 9.17) is 0 Å². The number of rotatable bonds is 8. The normalized spacial score (nSPS) is 15.8. The van der Waals surface area contributed by atoms with E-state index >= 15 is 0 Å². The molecule has 0 radical (unpaired) electrons. The van der Waals surface area contributed by atoms with Crippen molar-refractivity contribution in [2.24, 2.45) is 11.8 Å². The van der Waals surface area contributed by atoms with Gasteiger partial charge >= 0.3 is 0 Å². The van der Waals surface area contributed by atoms with Gasteiger partial charge in [-0.1, -0.05) is 92.3 Å². The molecule has 1 heterocycles. The fourth-order valence-corrected chi connectivity index (χ4v) is 4.40. The Bertz CT molecular complexity index is 808. The third kappa shape index (κ3) is 4.91. The summed E-state index contributed by atoms with van der Waals surface area (Å²) >= 11 is 0. The van der Waals surface area contributed by atoms with Gasteiger partial charge in [-0.05, 0) is 52.9 Å². The van der Waals surface area contributed by atoms with Crippen LogP contribution in [0.2, 0.25) is 0 Å². The van der Waals surface area contributed by atoms with E-state index in [1.165, 1.54) is 33.7 Å². The molecule has 2 rings (SSSR count). The average molecular weight is 407 g/mol. The maximum absolute atomic E-state index is 4.15. The first-order chi connectivity index (χ1) is 14.1. The fraction of sp³-hybridized carbons (Fsp3) is 0.500. The first kappa shape index (κ1) is 24.1. The van der Waals surface area contributed by atoms with Crippen molar-refractivity contribution >= 4 is 5.69 Å². The highest BCUT2D eigenvalue weighted by Gasteiger charge is 2.27. The highest BCUT2D eigenvalue weighted by atomic mass is 15.3. The van der Waals surface area contributed by atoms with E-state index in [0.717, 1.165) is 6.67 Å². The molecule has 30 heavy (non-hydrogen) atoms. The van der Waals surface area contributed by atoms with Gasteiger partial charge in [0.25, 0.3) is 0 Å². The summed E-state index contributed by atoms with van der Waals surface area (Å²) in [6, 6.07) is 6.78. The molecule has 0 spiro atoms. The second kappa shape index (κ2) is 10.2. The Kier molecular flexibility index (Phi) is 8.18. The Morgan fingerprint density at radius 1 is 0.900 bits per heavy atom. The van der Waals surface area contributed by atoms with Gasteiger partial charge in [0.15, 0.2) is 0 Å². The molecule has 0 aromatic heterocycles. The number of hydrogen-bond donors (Lipinski definition) is 0. The molecule has 1 aliphatic heterocycles. The predicted octanol–water partition coefficient (Wildman–Crippen LogP) is 8.18. The van der Waals surface area contributed by atoms with Crippen molar-refractivity contribution in [3.63, 3.8) is 0 Å². The van der Waals surface area contributed by atoms with E-state index in [0.29, 0.717) is 23.7 Å². The maximum atomic E-state index is 4.15. The lowest BCUT2D eigenvalue weighted by Crippen LogP contribution is -2.29. The first-order valence-corrected chi connectivity index (χ1v) is 11.5. The molecule has 1 aliphatic rings. The highest BCUT2D eigenvalue weighted by Crippen LogP contribution is 2.39. The minimum atomic E-state index is 0.419. The van der Waals surface area contributed by atoms with E-state index in [1.807, 2.05) is 6.08 Å². The molecule has 0 atom stereocenters. The van der Waals surface area contributed by atoms with Gasteiger partial charge in [-0.25, -0.2) is 0 Å². The molecule has 2 heteroatoms. The zero-order valence-electron chi connectivity index (χ0n) is 20.7. The summed E-state index contributed by atoms with van der Waals surface area (Å²) < 4.78 is 0. The van der Waals surface area contributed by atoms with Crippen LogP contribution in [-0.2, 0) is 0 Å². The number of anilines is 1. The monoisotopic (exact) mass is 406 g/mol. The van der Waals surface area contributed by atoms with Crippen LogP contribution in [0.1, 0.15) is 85.3 Å². The van der Waals surface area contributed by atoms with Crippen molar-refractivity contribution in [2.45, 2.75) is 74.1 Å². The van der Waals surface area contributed by atoms with E-state index in [2.05, 4.69) is 115 Å². The second-order valence-electron chi connectivity index (χ2n) is 9.54. The van der Waals surface area contributed by atoms with Crippen LogP contribution in [0.25, 0.3) is 0 Å². The first-order valence-electron chi connectivity index (χ1n) is 11.5. The summed E-state index contributed by atoms with van der Waals surface area (Å²) in [5, 5.41) is 0. The summed E-state index contributed by atoms with van der Waals surface area (Å²) in [4.78, 5) is 4.84. The van der Waals surface area contributed by atoms with Crippen molar-refractivity contribution in [1.82, 2.24) is 4.90 Å². The number of benzene rings is 1. The van der Waals surface area contributed by atoms with E-state index in [-0.39, 0.29) is 0 Å². The third-order valence-electron chi connectivity index (χ3n) is 5.97. The zero-order chi connectivity index (χ0) is 22.6.